The van der Waals surface area contributed by atoms with E-state index in [1.807, 2.05) is 0 Å². The number of carboxylic acids is 4. The second kappa shape index (κ2) is 20.9. The normalized spacial score (nSPS) is 11.7. The number of H-pyrrole nitrogens is 3. The summed E-state index contributed by atoms with van der Waals surface area (Å²) in [6.45, 7) is 0. The summed E-state index contributed by atoms with van der Waals surface area (Å²) >= 11 is 0. The van der Waals surface area contributed by atoms with Crippen molar-refractivity contribution in [2.75, 3.05) is 0 Å². The molecule has 19 heteroatoms. The summed E-state index contributed by atoms with van der Waals surface area (Å²) in [6.07, 6.45) is 11.6. The molecule has 4 aromatic rings. The summed E-state index contributed by atoms with van der Waals surface area (Å²) < 4.78 is 0. The Hall–Kier alpha value is -4.93. The van der Waals surface area contributed by atoms with E-state index in [1.54, 1.807) is 30.7 Å². The standard InChI is InChI=1S/3C6H9N3O2.C6H5NO2.Cr/c3*7-5(6(10)11)1-4-2-8-3-9-4;8-6(9)5-3-1-2-4-7-5;/h3*2-3,5H,1,7H2,(H,8,9)(H,10,11);1-4H,(H,8,9);/t3*5-;;/m000../s1. The molecule has 0 aliphatic heterocycles. The molecule has 3 atom stereocenters. The fraction of sp³-hybridized carbons (Fsp3) is 0.250. The van der Waals surface area contributed by atoms with Crippen LogP contribution in [0.25, 0.3) is 0 Å². The predicted molar refractivity (Wildman–Crippen MR) is 145 cm³/mol. The first-order valence-corrected chi connectivity index (χ1v) is 11.9. The summed E-state index contributed by atoms with van der Waals surface area (Å²) in [7, 11) is 0. The topological polar surface area (TPSA) is 326 Å². The van der Waals surface area contributed by atoms with Gasteiger partial charge in [0.15, 0.2) is 0 Å². The maximum atomic E-state index is 10.3. The molecule has 0 aliphatic rings. The quantitative estimate of drug-likeness (QED) is 0.0980. The SMILES string of the molecule is N[C@@H](Cc1c[nH]cn1)C(=O)O.N[C@@H](Cc1c[nH]cn1)C(=O)O.N[C@@H](Cc1c[nH]cn1)C(=O)O.O=C(O)c1ccccn1.[Cr]. The number of hydrogen-bond acceptors (Lipinski definition) is 11. The third kappa shape index (κ3) is 16.8. The first kappa shape index (κ1) is 38.1. The Labute approximate surface area is 254 Å². The summed E-state index contributed by atoms with van der Waals surface area (Å²) in [5, 5.41) is 33.6. The van der Waals surface area contributed by atoms with Gasteiger partial charge in [-0.15, -0.1) is 0 Å². The maximum Gasteiger partial charge on any atom is 0.354 e. The molecule has 232 valence electrons. The van der Waals surface area contributed by atoms with Gasteiger partial charge in [0, 0.05) is 61.4 Å². The molecular weight excluding hydrogens is 608 g/mol. The van der Waals surface area contributed by atoms with Gasteiger partial charge in [0.2, 0.25) is 0 Å². The van der Waals surface area contributed by atoms with Gasteiger partial charge in [0.25, 0.3) is 0 Å². The Balaban J connectivity index is 0.000000544. The molecule has 4 aromatic heterocycles. The van der Waals surface area contributed by atoms with E-state index in [-0.39, 0.29) is 42.3 Å². The Bertz CT molecular complexity index is 1200. The number of aliphatic carboxylic acids is 3. The van der Waals surface area contributed by atoms with E-state index in [0.29, 0.717) is 17.1 Å². The largest absolute Gasteiger partial charge is 0.480 e. The number of nitrogens with two attached hydrogens (primary N) is 3. The smallest absolute Gasteiger partial charge is 0.354 e. The molecule has 0 saturated carbocycles. The Morgan fingerprint density at radius 1 is 0.628 bits per heavy atom. The van der Waals surface area contributed by atoms with Crippen molar-refractivity contribution < 1.29 is 57.0 Å². The number of aromatic nitrogens is 7. The zero-order chi connectivity index (χ0) is 31.5. The van der Waals surface area contributed by atoms with Crippen LogP contribution in [0.5, 0.6) is 0 Å². The molecule has 0 spiro atoms. The van der Waals surface area contributed by atoms with Gasteiger partial charge in [0.05, 0.1) is 36.1 Å². The number of rotatable bonds is 10. The van der Waals surface area contributed by atoms with Gasteiger partial charge in [-0.3, -0.25) is 14.4 Å². The second-order valence-corrected chi connectivity index (χ2v) is 8.15. The third-order valence-electron chi connectivity index (χ3n) is 4.79. The fourth-order valence-corrected chi connectivity index (χ4v) is 2.63. The third-order valence-corrected chi connectivity index (χ3v) is 4.79. The molecule has 0 fully saturated rings. The molecule has 0 radical (unpaired) electrons. The minimum absolute atomic E-state index is 0. The molecule has 0 saturated heterocycles. The Morgan fingerprint density at radius 2 is 0.977 bits per heavy atom. The maximum absolute atomic E-state index is 10.3. The van der Waals surface area contributed by atoms with Gasteiger partial charge >= 0.3 is 23.9 Å². The van der Waals surface area contributed by atoms with Gasteiger partial charge in [-0.25, -0.2) is 24.7 Å². The van der Waals surface area contributed by atoms with Crippen molar-refractivity contribution >= 4 is 23.9 Å². The number of aromatic carboxylic acids is 1. The van der Waals surface area contributed by atoms with Crippen molar-refractivity contribution in [2.24, 2.45) is 17.2 Å². The van der Waals surface area contributed by atoms with E-state index in [9.17, 15) is 19.2 Å². The first-order valence-electron chi connectivity index (χ1n) is 11.9. The van der Waals surface area contributed by atoms with Crippen LogP contribution in [0.15, 0.2) is 62.0 Å². The van der Waals surface area contributed by atoms with Crippen LogP contribution in [0.1, 0.15) is 27.6 Å². The van der Waals surface area contributed by atoms with Crippen LogP contribution in [0.3, 0.4) is 0 Å². The van der Waals surface area contributed by atoms with Gasteiger partial charge < -0.3 is 52.6 Å². The summed E-state index contributed by atoms with van der Waals surface area (Å²) in [5.41, 5.74) is 17.8. The van der Waals surface area contributed by atoms with Crippen LogP contribution in [-0.2, 0) is 51.0 Å². The summed E-state index contributed by atoms with van der Waals surface area (Å²) in [6, 6.07) is 2.17. The molecule has 4 rings (SSSR count). The molecule has 4 heterocycles. The number of carbonyl (C=O) groups is 4. The summed E-state index contributed by atoms with van der Waals surface area (Å²) in [4.78, 5) is 64.2. The summed E-state index contributed by atoms with van der Waals surface area (Å²) in [5.74, 6) is -4.01. The first-order chi connectivity index (χ1) is 19.9. The van der Waals surface area contributed by atoms with E-state index in [2.05, 4.69) is 34.9 Å². The molecule has 0 aromatic carbocycles. The van der Waals surface area contributed by atoms with Crippen molar-refractivity contribution in [2.45, 2.75) is 37.4 Å². The molecule has 0 unspecified atom stereocenters. The van der Waals surface area contributed by atoms with Crippen LogP contribution >= 0.6 is 0 Å². The van der Waals surface area contributed by atoms with Gasteiger partial charge in [-0.2, -0.15) is 0 Å². The molecule has 18 nitrogen and oxygen atoms in total. The molecule has 0 bridgehead atoms. The minimum atomic E-state index is -1.01. The molecular formula is C24H32CrN10O8. The number of hydrogen-bond donors (Lipinski definition) is 10. The predicted octanol–water partition coefficient (Wildman–Crippen LogP) is -1.13. The molecule has 0 aliphatic carbocycles. The average molecular weight is 641 g/mol. The average Bonchev–Trinajstić information content (AvgIpc) is 3.75. The monoisotopic (exact) mass is 640 g/mol. The molecule has 43 heavy (non-hydrogen) atoms. The van der Waals surface area contributed by atoms with Crippen molar-refractivity contribution in [1.82, 2.24) is 34.9 Å². The number of pyridine rings is 1. The number of carboxylic acid groups (broad SMARTS) is 4. The van der Waals surface area contributed by atoms with Gasteiger partial charge in [0.1, 0.15) is 23.8 Å². The van der Waals surface area contributed by atoms with Crippen LogP contribution < -0.4 is 17.2 Å². The number of nitrogens with one attached hydrogen (secondary N) is 3. The number of aromatic amines is 3. The van der Waals surface area contributed by atoms with Crippen LogP contribution in [0.4, 0.5) is 0 Å². The van der Waals surface area contributed by atoms with E-state index in [1.165, 1.54) is 31.2 Å². The number of imidazole rings is 3. The molecule has 0 amide bonds. The van der Waals surface area contributed by atoms with Crippen molar-refractivity contribution in [3.05, 3.63) is 84.7 Å². The van der Waals surface area contributed by atoms with Crippen molar-refractivity contribution in [1.29, 1.82) is 0 Å². The van der Waals surface area contributed by atoms with E-state index in [4.69, 9.17) is 37.6 Å². The van der Waals surface area contributed by atoms with Gasteiger partial charge in [-0.1, -0.05) is 6.07 Å². The Morgan fingerprint density at radius 3 is 1.16 bits per heavy atom. The zero-order valence-corrected chi connectivity index (χ0v) is 23.8. The zero-order valence-electron chi connectivity index (χ0n) is 22.5. The molecule has 13 N–H and O–H groups in total. The fourth-order valence-electron chi connectivity index (χ4n) is 2.63. The second-order valence-electron chi connectivity index (χ2n) is 8.15. The van der Waals surface area contributed by atoms with E-state index in [0.717, 1.165) is 0 Å². The van der Waals surface area contributed by atoms with Crippen molar-refractivity contribution in [3.8, 4) is 0 Å². The number of nitrogens with zero attached hydrogens (tertiary/aromatic N) is 4. The minimum Gasteiger partial charge on any atom is -0.480 e. The Kier molecular flexibility index (Phi) is 18.5. The van der Waals surface area contributed by atoms with E-state index >= 15 is 0 Å². The van der Waals surface area contributed by atoms with Crippen LogP contribution in [0, 0.1) is 0 Å². The van der Waals surface area contributed by atoms with Gasteiger partial charge in [-0.05, 0) is 12.1 Å². The van der Waals surface area contributed by atoms with Crippen molar-refractivity contribution in [3.63, 3.8) is 0 Å². The van der Waals surface area contributed by atoms with E-state index < -0.39 is 42.0 Å². The van der Waals surface area contributed by atoms with Crippen LogP contribution in [0.2, 0.25) is 0 Å². The van der Waals surface area contributed by atoms with Crippen LogP contribution in [-0.4, -0.2) is 97.3 Å².